The molecule has 3 fully saturated rings. The number of carbonyl (C=O) groups excluding carboxylic acids is 2. The lowest BCUT2D eigenvalue weighted by molar-refractivity contribution is 0.0485. The van der Waals surface area contributed by atoms with E-state index in [2.05, 4.69) is 57.0 Å². The molecule has 1 saturated heterocycles. The second kappa shape index (κ2) is 10.3. The van der Waals surface area contributed by atoms with Crippen molar-refractivity contribution in [3.05, 3.63) is 52.0 Å². The van der Waals surface area contributed by atoms with E-state index in [9.17, 15) is 9.59 Å². The maximum absolute atomic E-state index is 14.0. The van der Waals surface area contributed by atoms with Crippen molar-refractivity contribution in [2.75, 3.05) is 13.7 Å². The summed E-state index contributed by atoms with van der Waals surface area (Å²) in [7, 11) is 1.63. The largest absolute Gasteiger partial charge is 0.496 e. The van der Waals surface area contributed by atoms with Crippen LogP contribution in [0.15, 0.2) is 45.3 Å². The zero-order valence-electron chi connectivity index (χ0n) is 25.3. The average molecular weight is 649 g/mol. The van der Waals surface area contributed by atoms with Crippen LogP contribution >= 0.6 is 15.9 Å². The zero-order chi connectivity index (χ0) is 30.2. The molecule has 226 valence electrons. The van der Waals surface area contributed by atoms with Crippen LogP contribution in [0.1, 0.15) is 62.4 Å². The van der Waals surface area contributed by atoms with E-state index in [-0.39, 0.29) is 23.9 Å². The summed E-state index contributed by atoms with van der Waals surface area (Å²) in [5, 5.41) is 5.10. The Hall–Kier alpha value is -3.46. The number of amides is 2. The van der Waals surface area contributed by atoms with Crippen molar-refractivity contribution in [3.8, 4) is 17.2 Å². The lowest BCUT2D eigenvalue weighted by Crippen LogP contribution is -2.46. The van der Waals surface area contributed by atoms with Crippen molar-refractivity contribution < 1.29 is 23.5 Å². The van der Waals surface area contributed by atoms with E-state index >= 15 is 0 Å². The summed E-state index contributed by atoms with van der Waals surface area (Å²) < 4.78 is 21.4. The Morgan fingerprint density at radius 1 is 1.09 bits per heavy atom. The van der Waals surface area contributed by atoms with Crippen molar-refractivity contribution in [1.82, 2.24) is 14.8 Å². The highest BCUT2D eigenvalue weighted by Crippen LogP contribution is 2.44. The molecule has 0 radical (unpaired) electrons. The number of aromatic nitrogens is 1. The molecule has 2 aromatic carbocycles. The molecule has 3 heterocycles. The minimum Gasteiger partial charge on any atom is -0.496 e. The zero-order valence-corrected chi connectivity index (χ0v) is 26.9. The second-order valence-corrected chi connectivity index (χ2v) is 14.3. The Balaban J connectivity index is 1.23. The van der Waals surface area contributed by atoms with E-state index in [0.29, 0.717) is 29.4 Å². The molecule has 4 aromatic rings. The number of rotatable bonds is 6. The Morgan fingerprint density at radius 3 is 2.60 bits per heavy atom. The molecule has 2 aromatic heterocycles. The van der Waals surface area contributed by atoms with Crippen LogP contribution in [0.3, 0.4) is 0 Å². The van der Waals surface area contributed by atoms with Crippen molar-refractivity contribution in [2.45, 2.75) is 77.6 Å². The molecule has 3 atom stereocenters. The SMILES string of the molecule is COc1cc(C(=O)N2CC3CCC2C3NC(=O)OC(C)(C)C)cc2oc(-c3cc4ccc(Br)cc4n3CC3CC3)c(C)c12. The van der Waals surface area contributed by atoms with Gasteiger partial charge in [-0.1, -0.05) is 22.0 Å². The number of furan rings is 1. The molecule has 2 saturated carbocycles. The highest BCUT2D eigenvalue weighted by atomic mass is 79.9. The summed E-state index contributed by atoms with van der Waals surface area (Å²) >= 11 is 3.65. The van der Waals surface area contributed by atoms with E-state index < -0.39 is 11.7 Å². The number of halogens is 1. The summed E-state index contributed by atoms with van der Waals surface area (Å²) in [5.41, 5.74) is 3.79. The fraction of sp³-hybridized carbons (Fsp3) is 0.471. The summed E-state index contributed by atoms with van der Waals surface area (Å²) in [6.07, 6.45) is 3.89. The van der Waals surface area contributed by atoms with Crippen LogP contribution in [0.25, 0.3) is 33.3 Å². The van der Waals surface area contributed by atoms with Gasteiger partial charge in [-0.2, -0.15) is 0 Å². The van der Waals surface area contributed by atoms with Crippen molar-refractivity contribution in [2.24, 2.45) is 11.8 Å². The first-order chi connectivity index (χ1) is 20.5. The highest BCUT2D eigenvalue weighted by molar-refractivity contribution is 9.10. The number of hydrogen-bond acceptors (Lipinski definition) is 5. The predicted octanol–water partition coefficient (Wildman–Crippen LogP) is 7.67. The van der Waals surface area contributed by atoms with Gasteiger partial charge in [0.1, 0.15) is 16.9 Å². The highest BCUT2D eigenvalue weighted by Gasteiger charge is 2.50. The van der Waals surface area contributed by atoms with Gasteiger partial charge in [-0.05, 0) is 95.5 Å². The summed E-state index contributed by atoms with van der Waals surface area (Å²) in [5.74, 6) is 2.23. The van der Waals surface area contributed by atoms with Crippen LogP contribution in [0.2, 0.25) is 0 Å². The van der Waals surface area contributed by atoms with Gasteiger partial charge in [0.05, 0.1) is 30.3 Å². The maximum atomic E-state index is 14.0. The molecule has 0 spiro atoms. The van der Waals surface area contributed by atoms with Gasteiger partial charge in [0.15, 0.2) is 5.76 Å². The molecule has 3 aliphatic rings. The average Bonchev–Trinajstić information content (AvgIpc) is 3.31. The Labute approximate surface area is 259 Å². The third-order valence-corrected chi connectivity index (χ3v) is 9.72. The van der Waals surface area contributed by atoms with E-state index in [4.69, 9.17) is 13.9 Å². The summed E-state index contributed by atoms with van der Waals surface area (Å²) in [4.78, 5) is 28.4. The molecule has 7 rings (SSSR count). The van der Waals surface area contributed by atoms with Crippen LogP contribution < -0.4 is 10.1 Å². The molecule has 1 N–H and O–H groups in total. The van der Waals surface area contributed by atoms with Crippen LogP contribution in [-0.4, -0.2) is 52.8 Å². The van der Waals surface area contributed by atoms with Gasteiger partial charge in [-0.15, -0.1) is 0 Å². The number of likely N-dealkylation sites (tertiary alicyclic amines) is 1. The molecule has 8 nitrogen and oxygen atoms in total. The van der Waals surface area contributed by atoms with Crippen molar-refractivity contribution in [1.29, 1.82) is 0 Å². The minimum absolute atomic E-state index is 0.0712. The number of benzene rings is 2. The van der Waals surface area contributed by atoms with Gasteiger partial charge in [0.25, 0.3) is 5.91 Å². The van der Waals surface area contributed by atoms with E-state index in [1.807, 2.05) is 37.8 Å². The molecular formula is C34H38BrN3O5. The van der Waals surface area contributed by atoms with Crippen molar-refractivity contribution >= 4 is 49.8 Å². The number of aryl methyl sites for hydroxylation is 1. The Bertz CT molecular complexity index is 1760. The fourth-order valence-electron chi connectivity index (χ4n) is 7.10. The number of nitrogens with zero attached hydrogens (tertiary/aromatic N) is 2. The Morgan fingerprint density at radius 2 is 1.88 bits per heavy atom. The second-order valence-electron chi connectivity index (χ2n) is 13.4. The van der Waals surface area contributed by atoms with Crippen molar-refractivity contribution in [3.63, 3.8) is 0 Å². The quantitative estimate of drug-likeness (QED) is 0.232. The Kier molecular flexibility index (Phi) is 6.80. The van der Waals surface area contributed by atoms with Crippen LogP contribution in [0, 0.1) is 18.8 Å². The molecule has 2 amide bonds. The monoisotopic (exact) mass is 647 g/mol. The molecule has 2 aliphatic carbocycles. The molecule has 1 aliphatic heterocycles. The number of nitrogens with one attached hydrogen (secondary N) is 1. The van der Waals surface area contributed by atoms with Gasteiger partial charge < -0.3 is 28.7 Å². The molecule has 2 bridgehead atoms. The van der Waals surface area contributed by atoms with Gasteiger partial charge in [-0.3, -0.25) is 4.79 Å². The van der Waals surface area contributed by atoms with E-state index in [1.165, 1.54) is 23.7 Å². The third kappa shape index (κ3) is 5.09. The third-order valence-electron chi connectivity index (χ3n) is 9.23. The number of methoxy groups -OCH3 is 1. The molecule has 3 unspecified atom stereocenters. The van der Waals surface area contributed by atoms with E-state index in [1.54, 1.807) is 7.11 Å². The van der Waals surface area contributed by atoms with Gasteiger partial charge in [0, 0.05) is 39.6 Å². The smallest absolute Gasteiger partial charge is 0.407 e. The summed E-state index contributed by atoms with van der Waals surface area (Å²) in [6.45, 7) is 9.16. The first-order valence-electron chi connectivity index (χ1n) is 15.2. The van der Waals surface area contributed by atoms with Crippen LogP contribution in [-0.2, 0) is 11.3 Å². The molecule has 9 heteroatoms. The lowest BCUT2D eigenvalue weighted by Gasteiger charge is -2.28. The standard InChI is InChI=1S/C34H38BrN3O5/c1-18-29-27(41-5)13-22(32(39)38-17-21-9-11-24(38)30(21)36-33(40)43-34(2,3)4)14-28(29)42-31(18)26-12-20-8-10-23(35)15-25(20)37(26)16-19-6-7-19/h8,10,12-15,19,21,24,30H,6-7,9,11,16-17H2,1-5H3,(H,36,40). The van der Waals surface area contributed by atoms with Crippen LogP contribution in [0.5, 0.6) is 5.75 Å². The fourth-order valence-corrected chi connectivity index (χ4v) is 7.45. The number of carbonyl (C=O) groups is 2. The topological polar surface area (TPSA) is 85.9 Å². The molecular weight excluding hydrogens is 610 g/mol. The normalized spacial score (nSPS) is 21.6. The van der Waals surface area contributed by atoms with Crippen LogP contribution in [0.4, 0.5) is 4.79 Å². The number of ether oxygens (including phenoxy) is 2. The first-order valence-corrected chi connectivity index (χ1v) is 16.0. The van der Waals surface area contributed by atoms with Gasteiger partial charge >= 0.3 is 6.09 Å². The summed E-state index contributed by atoms with van der Waals surface area (Å²) in [6, 6.07) is 12.1. The van der Waals surface area contributed by atoms with Gasteiger partial charge in [0.2, 0.25) is 0 Å². The lowest BCUT2D eigenvalue weighted by atomic mass is 10.0. The number of hydrogen-bond donors (Lipinski definition) is 1. The van der Waals surface area contributed by atoms with Gasteiger partial charge in [-0.25, -0.2) is 4.79 Å². The minimum atomic E-state index is -0.577. The first kappa shape index (κ1) is 28.3. The predicted molar refractivity (Wildman–Crippen MR) is 170 cm³/mol. The van der Waals surface area contributed by atoms with E-state index in [0.717, 1.165) is 46.3 Å². The maximum Gasteiger partial charge on any atom is 0.407 e. The number of piperidine rings is 1. The number of fused-ring (bicyclic) bond motifs is 4. The molecule has 43 heavy (non-hydrogen) atoms. The number of alkyl carbamates (subject to hydrolysis) is 1.